The summed E-state index contributed by atoms with van der Waals surface area (Å²) in [7, 11) is 1.47. The van der Waals surface area contributed by atoms with Gasteiger partial charge in [0.05, 0.1) is 12.7 Å². The van der Waals surface area contributed by atoms with Crippen molar-refractivity contribution in [1.29, 1.82) is 5.26 Å². The molecule has 1 heterocycles. The van der Waals surface area contributed by atoms with Crippen LogP contribution in [0.1, 0.15) is 12.5 Å². The van der Waals surface area contributed by atoms with Crippen LogP contribution in [0, 0.1) is 11.3 Å². The molecule has 1 atom stereocenters. The first-order chi connectivity index (χ1) is 10.7. The van der Waals surface area contributed by atoms with Gasteiger partial charge in [0.15, 0.2) is 6.10 Å². The smallest absolute Gasteiger partial charge is 0.265 e. The summed E-state index contributed by atoms with van der Waals surface area (Å²) in [6.45, 7) is 1.60. The first kappa shape index (κ1) is 15.3. The number of para-hydroxylation sites is 1. The Morgan fingerprint density at radius 2 is 2.09 bits per heavy atom. The number of nitrogens with one attached hydrogen (secondary N) is 1. The van der Waals surface area contributed by atoms with E-state index in [1.54, 1.807) is 49.5 Å². The molecule has 0 bridgehead atoms. The Morgan fingerprint density at radius 3 is 2.82 bits per heavy atom. The summed E-state index contributed by atoms with van der Waals surface area (Å²) in [6.07, 6.45) is 0.789. The molecule has 0 unspecified atom stereocenters. The fraction of sp³-hybridized carbons (Fsp3) is 0.188. The number of pyridine rings is 1. The topological polar surface area (TPSA) is 84.2 Å². The number of rotatable bonds is 5. The molecule has 0 aliphatic heterocycles. The summed E-state index contributed by atoms with van der Waals surface area (Å²) < 4.78 is 10.6. The number of benzene rings is 1. The predicted octanol–water partition coefficient (Wildman–Crippen LogP) is 2.37. The van der Waals surface area contributed by atoms with Crippen LogP contribution in [-0.4, -0.2) is 24.1 Å². The lowest BCUT2D eigenvalue weighted by Crippen LogP contribution is -2.30. The Bertz CT molecular complexity index is 710. The van der Waals surface area contributed by atoms with Crippen molar-refractivity contribution in [2.75, 3.05) is 12.4 Å². The fourth-order valence-electron chi connectivity index (χ4n) is 1.79. The standard InChI is InChI=1S/C16H15N3O3/c1-11(22-14-8-4-3-6-12(14)10-17)15(20)19-13-7-5-9-18-16(13)21-2/h3-9,11H,1-2H3,(H,19,20)/t11-/m0/s1. The van der Waals surface area contributed by atoms with E-state index < -0.39 is 6.10 Å². The molecule has 1 amide bonds. The van der Waals surface area contributed by atoms with E-state index in [2.05, 4.69) is 10.3 Å². The van der Waals surface area contributed by atoms with Gasteiger partial charge in [-0.2, -0.15) is 5.26 Å². The molecule has 2 aromatic rings. The van der Waals surface area contributed by atoms with Gasteiger partial charge in [-0.05, 0) is 31.2 Å². The van der Waals surface area contributed by atoms with Crippen LogP contribution >= 0.6 is 0 Å². The predicted molar refractivity (Wildman–Crippen MR) is 80.7 cm³/mol. The summed E-state index contributed by atoms with van der Waals surface area (Å²) in [5.41, 5.74) is 0.833. The zero-order valence-electron chi connectivity index (χ0n) is 12.2. The first-order valence-corrected chi connectivity index (χ1v) is 6.61. The number of carbonyl (C=O) groups excluding carboxylic acids is 1. The van der Waals surface area contributed by atoms with Gasteiger partial charge in [0.25, 0.3) is 5.91 Å². The third-order valence-corrected chi connectivity index (χ3v) is 2.90. The highest BCUT2D eigenvalue weighted by atomic mass is 16.5. The molecular formula is C16H15N3O3. The van der Waals surface area contributed by atoms with Gasteiger partial charge in [-0.15, -0.1) is 0 Å². The summed E-state index contributed by atoms with van der Waals surface area (Å²) in [5.74, 6) is 0.324. The van der Waals surface area contributed by atoms with Gasteiger partial charge < -0.3 is 14.8 Å². The highest BCUT2D eigenvalue weighted by molar-refractivity contribution is 5.95. The molecule has 1 aromatic carbocycles. The monoisotopic (exact) mass is 297 g/mol. The van der Waals surface area contributed by atoms with E-state index >= 15 is 0 Å². The van der Waals surface area contributed by atoms with Crippen LogP contribution < -0.4 is 14.8 Å². The first-order valence-electron chi connectivity index (χ1n) is 6.61. The molecule has 112 valence electrons. The molecule has 1 aromatic heterocycles. The van der Waals surface area contributed by atoms with E-state index in [-0.39, 0.29) is 5.91 Å². The quantitative estimate of drug-likeness (QED) is 0.915. The molecule has 22 heavy (non-hydrogen) atoms. The summed E-state index contributed by atoms with van der Waals surface area (Å²) in [4.78, 5) is 16.2. The third-order valence-electron chi connectivity index (χ3n) is 2.90. The van der Waals surface area contributed by atoms with E-state index in [4.69, 9.17) is 14.7 Å². The number of carbonyl (C=O) groups is 1. The molecule has 0 aliphatic rings. The average Bonchev–Trinajstić information content (AvgIpc) is 2.55. The third kappa shape index (κ3) is 3.52. The summed E-state index contributed by atoms with van der Waals surface area (Å²) in [6, 6.07) is 12.1. The van der Waals surface area contributed by atoms with Crippen LogP contribution in [0.4, 0.5) is 5.69 Å². The zero-order chi connectivity index (χ0) is 15.9. The number of aromatic nitrogens is 1. The van der Waals surface area contributed by atoms with Gasteiger partial charge >= 0.3 is 0 Å². The van der Waals surface area contributed by atoms with Gasteiger partial charge in [-0.25, -0.2) is 4.98 Å². The Kier molecular flexibility index (Phi) is 4.94. The number of nitriles is 1. The molecule has 0 aliphatic carbocycles. The maximum absolute atomic E-state index is 12.2. The second kappa shape index (κ2) is 7.09. The molecule has 2 rings (SSSR count). The van der Waals surface area contributed by atoms with Crippen molar-refractivity contribution in [3.8, 4) is 17.7 Å². The molecule has 6 heteroatoms. The lowest BCUT2D eigenvalue weighted by molar-refractivity contribution is -0.122. The van der Waals surface area contributed by atoms with E-state index in [0.29, 0.717) is 22.9 Å². The number of hydrogen-bond acceptors (Lipinski definition) is 5. The minimum Gasteiger partial charge on any atom is -0.480 e. The van der Waals surface area contributed by atoms with Crippen molar-refractivity contribution < 1.29 is 14.3 Å². The molecule has 0 fully saturated rings. The van der Waals surface area contributed by atoms with E-state index in [1.165, 1.54) is 7.11 Å². The maximum atomic E-state index is 12.2. The van der Waals surface area contributed by atoms with Gasteiger partial charge in [0.1, 0.15) is 17.5 Å². The Hall–Kier alpha value is -3.07. The summed E-state index contributed by atoms with van der Waals surface area (Å²) >= 11 is 0. The van der Waals surface area contributed by atoms with Crippen molar-refractivity contribution in [2.24, 2.45) is 0 Å². The average molecular weight is 297 g/mol. The molecule has 6 nitrogen and oxygen atoms in total. The normalized spacial score (nSPS) is 11.1. The zero-order valence-corrected chi connectivity index (χ0v) is 12.2. The van der Waals surface area contributed by atoms with Gasteiger partial charge in [-0.3, -0.25) is 4.79 Å². The number of ether oxygens (including phenoxy) is 2. The van der Waals surface area contributed by atoms with Gasteiger partial charge in [0.2, 0.25) is 5.88 Å². The molecule has 1 N–H and O–H groups in total. The number of anilines is 1. The second-order valence-corrected chi connectivity index (χ2v) is 4.42. The minimum atomic E-state index is -0.778. The Balaban J connectivity index is 2.08. The molecule has 0 spiro atoms. The van der Waals surface area contributed by atoms with Crippen LogP contribution in [0.2, 0.25) is 0 Å². The highest BCUT2D eigenvalue weighted by Gasteiger charge is 2.18. The molecular weight excluding hydrogens is 282 g/mol. The maximum Gasteiger partial charge on any atom is 0.265 e. The number of methoxy groups -OCH3 is 1. The fourth-order valence-corrected chi connectivity index (χ4v) is 1.79. The molecule has 0 saturated carbocycles. The summed E-state index contributed by atoms with van der Waals surface area (Å²) in [5, 5.41) is 11.7. The van der Waals surface area contributed by atoms with Crippen LogP contribution in [0.5, 0.6) is 11.6 Å². The van der Waals surface area contributed by atoms with E-state index in [9.17, 15) is 4.79 Å². The van der Waals surface area contributed by atoms with Crippen LogP contribution in [-0.2, 0) is 4.79 Å². The van der Waals surface area contributed by atoms with Crippen molar-refractivity contribution in [3.05, 3.63) is 48.2 Å². The lowest BCUT2D eigenvalue weighted by Gasteiger charge is -2.16. The van der Waals surface area contributed by atoms with Gasteiger partial charge in [-0.1, -0.05) is 12.1 Å². The van der Waals surface area contributed by atoms with Crippen LogP contribution in [0.25, 0.3) is 0 Å². The highest BCUT2D eigenvalue weighted by Crippen LogP contribution is 2.21. The van der Waals surface area contributed by atoms with Crippen molar-refractivity contribution in [3.63, 3.8) is 0 Å². The number of hydrogen-bond donors (Lipinski definition) is 1. The Morgan fingerprint density at radius 1 is 1.32 bits per heavy atom. The largest absolute Gasteiger partial charge is 0.480 e. The molecule has 0 saturated heterocycles. The molecule has 0 radical (unpaired) electrons. The van der Waals surface area contributed by atoms with Crippen molar-refractivity contribution in [1.82, 2.24) is 4.98 Å². The van der Waals surface area contributed by atoms with Crippen LogP contribution in [0.3, 0.4) is 0 Å². The van der Waals surface area contributed by atoms with Crippen LogP contribution in [0.15, 0.2) is 42.6 Å². The van der Waals surface area contributed by atoms with E-state index in [0.717, 1.165) is 0 Å². The number of nitrogens with zero attached hydrogens (tertiary/aromatic N) is 2. The SMILES string of the molecule is COc1ncccc1NC(=O)[C@H](C)Oc1ccccc1C#N. The van der Waals surface area contributed by atoms with Crippen molar-refractivity contribution in [2.45, 2.75) is 13.0 Å². The number of amides is 1. The second-order valence-electron chi connectivity index (χ2n) is 4.42. The van der Waals surface area contributed by atoms with Gasteiger partial charge in [0, 0.05) is 6.20 Å². The Labute approximate surface area is 128 Å². The van der Waals surface area contributed by atoms with E-state index in [1.807, 2.05) is 6.07 Å². The lowest BCUT2D eigenvalue weighted by atomic mass is 10.2. The minimum absolute atomic E-state index is 0.320. The van der Waals surface area contributed by atoms with Crippen molar-refractivity contribution >= 4 is 11.6 Å².